The number of aryl methyl sites for hydroxylation is 1. The lowest BCUT2D eigenvalue weighted by atomic mass is 10.3. The van der Waals surface area contributed by atoms with Crippen LogP contribution >= 0.6 is 11.3 Å². The van der Waals surface area contributed by atoms with Crippen molar-refractivity contribution in [2.75, 3.05) is 0 Å². The van der Waals surface area contributed by atoms with E-state index >= 15 is 0 Å². The maximum absolute atomic E-state index is 11.5. The molecule has 0 atom stereocenters. The molecule has 2 heterocycles. The van der Waals surface area contributed by atoms with Crippen LogP contribution in [0.1, 0.15) is 16.0 Å². The minimum absolute atomic E-state index is 0.0567. The maximum atomic E-state index is 11.5. The summed E-state index contributed by atoms with van der Waals surface area (Å²) in [7, 11) is 0. The van der Waals surface area contributed by atoms with E-state index in [0.717, 1.165) is 10.4 Å². The number of aromatic amines is 1. The number of rotatable bonds is 2. The average Bonchev–Trinajstić information content (AvgIpc) is 2.68. The Bertz CT molecular complexity index is 702. The highest BCUT2D eigenvalue weighted by molar-refractivity contribution is 7.10. The summed E-state index contributed by atoms with van der Waals surface area (Å²) in [5.41, 5.74) is -0.108. The van der Waals surface area contributed by atoms with E-state index in [1.54, 1.807) is 6.07 Å². The molecule has 0 saturated carbocycles. The van der Waals surface area contributed by atoms with Crippen LogP contribution in [0.2, 0.25) is 0 Å². The summed E-state index contributed by atoms with van der Waals surface area (Å²) in [6, 6.07) is 3.72. The summed E-state index contributed by atoms with van der Waals surface area (Å²) < 4.78 is 1.33. The molecule has 0 aliphatic heterocycles. The standard InChI is InChI=1S/C11H9N3O2S/c1-7-2-3-17-9(7)6-14-5-8(4-12)10(15)13-11(14)16/h2-3,5H,6H2,1H3,(H,13,15,16). The van der Waals surface area contributed by atoms with Gasteiger partial charge in [-0.15, -0.1) is 11.3 Å². The van der Waals surface area contributed by atoms with E-state index in [0.29, 0.717) is 6.54 Å². The van der Waals surface area contributed by atoms with Crippen molar-refractivity contribution < 1.29 is 0 Å². The largest absolute Gasteiger partial charge is 0.328 e. The van der Waals surface area contributed by atoms with E-state index in [9.17, 15) is 9.59 Å². The predicted molar refractivity (Wildman–Crippen MR) is 64.2 cm³/mol. The highest BCUT2D eigenvalue weighted by Crippen LogP contribution is 2.15. The van der Waals surface area contributed by atoms with Crippen LogP contribution < -0.4 is 11.2 Å². The first-order valence-electron chi connectivity index (χ1n) is 4.88. The van der Waals surface area contributed by atoms with Gasteiger partial charge in [-0.25, -0.2) is 4.79 Å². The fourth-order valence-electron chi connectivity index (χ4n) is 1.43. The van der Waals surface area contributed by atoms with E-state index < -0.39 is 11.2 Å². The third-order valence-electron chi connectivity index (χ3n) is 2.41. The van der Waals surface area contributed by atoms with Crippen molar-refractivity contribution in [1.82, 2.24) is 9.55 Å². The Morgan fingerprint density at radius 1 is 1.53 bits per heavy atom. The molecule has 6 heteroatoms. The number of nitrogens with one attached hydrogen (secondary N) is 1. The van der Waals surface area contributed by atoms with Crippen LogP contribution in [0.5, 0.6) is 0 Å². The van der Waals surface area contributed by atoms with Crippen molar-refractivity contribution in [3.63, 3.8) is 0 Å². The topological polar surface area (TPSA) is 78.7 Å². The molecule has 2 rings (SSSR count). The molecule has 5 nitrogen and oxygen atoms in total. The number of nitrogens with zero attached hydrogens (tertiary/aromatic N) is 2. The summed E-state index contributed by atoms with van der Waals surface area (Å²) >= 11 is 1.54. The van der Waals surface area contributed by atoms with Gasteiger partial charge in [-0.05, 0) is 23.9 Å². The quantitative estimate of drug-likeness (QED) is 0.853. The number of hydrogen-bond acceptors (Lipinski definition) is 4. The lowest BCUT2D eigenvalue weighted by Crippen LogP contribution is -2.31. The highest BCUT2D eigenvalue weighted by Gasteiger charge is 2.06. The van der Waals surface area contributed by atoms with Gasteiger partial charge in [0.1, 0.15) is 11.6 Å². The summed E-state index contributed by atoms with van der Waals surface area (Å²) in [4.78, 5) is 25.9. The van der Waals surface area contributed by atoms with Gasteiger partial charge < -0.3 is 0 Å². The second-order valence-corrected chi connectivity index (χ2v) is 4.57. The molecule has 0 radical (unpaired) electrons. The van der Waals surface area contributed by atoms with E-state index in [1.165, 1.54) is 22.1 Å². The lowest BCUT2D eigenvalue weighted by Gasteiger charge is -2.04. The van der Waals surface area contributed by atoms with Crippen molar-refractivity contribution in [2.24, 2.45) is 0 Å². The summed E-state index contributed by atoms with van der Waals surface area (Å²) in [6.07, 6.45) is 1.29. The number of aromatic nitrogens is 2. The third kappa shape index (κ3) is 2.19. The average molecular weight is 247 g/mol. The second kappa shape index (κ2) is 4.39. The van der Waals surface area contributed by atoms with Crippen LogP contribution in [0.4, 0.5) is 0 Å². The fraction of sp³-hybridized carbons (Fsp3) is 0.182. The SMILES string of the molecule is Cc1ccsc1Cn1cc(C#N)c(=O)[nH]c1=O. The molecule has 0 unspecified atom stereocenters. The Hall–Kier alpha value is -2.13. The van der Waals surface area contributed by atoms with Crippen molar-refractivity contribution >= 4 is 11.3 Å². The number of nitriles is 1. The highest BCUT2D eigenvalue weighted by atomic mass is 32.1. The number of thiophene rings is 1. The van der Waals surface area contributed by atoms with Crippen LogP contribution in [0.15, 0.2) is 27.2 Å². The molecular formula is C11H9N3O2S. The van der Waals surface area contributed by atoms with Gasteiger partial charge in [0.05, 0.1) is 6.54 Å². The van der Waals surface area contributed by atoms with E-state index in [-0.39, 0.29) is 5.56 Å². The molecule has 17 heavy (non-hydrogen) atoms. The minimum Gasteiger partial charge on any atom is -0.294 e. The van der Waals surface area contributed by atoms with Gasteiger partial charge in [-0.1, -0.05) is 0 Å². The minimum atomic E-state index is -0.642. The smallest absolute Gasteiger partial charge is 0.294 e. The molecule has 2 aromatic heterocycles. The maximum Gasteiger partial charge on any atom is 0.328 e. The van der Waals surface area contributed by atoms with Crippen LogP contribution in [0.3, 0.4) is 0 Å². The van der Waals surface area contributed by atoms with Gasteiger partial charge in [-0.2, -0.15) is 5.26 Å². The zero-order valence-corrected chi connectivity index (χ0v) is 9.87. The van der Waals surface area contributed by atoms with Gasteiger partial charge in [0.15, 0.2) is 0 Å². The fourth-order valence-corrected chi connectivity index (χ4v) is 2.33. The Kier molecular flexibility index (Phi) is 2.93. The van der Waals surface area contributed by atoms with Crippen LogP contribution in [-0.4, -0.2) is 9.55 Å². The first kappa shape index (κ1) is 11.4. The van der Waals surface area contributed by atoms with Crippen LogP contribution in [0.25, 0.3) is 0 Å². The molecule has 0 amide bonds. The Labute approximate surface area is 101 Å². The number of H-pyrrole nitrogens is 1. The zero-order chi connectivity index (χ0) is 12.4. The monoisotopic (exact) mass is 247 g/mol. The summed E-state index contributed by atoms with van der Waals surface area (Å²) in [5, 5.41) is 10.7. The third-order valence-corrected chi connectivity index (χ3v) is 3.42. The van der Waals surface area contributed by atoms with Crippen molar-refractivity contribution in [1.29, 1.82) is 5.26 Å². The van der Waals surface area contributed by atoms with E-state index in [1.807, 2.05) is 18.4 Å². The lowest BCUT2D eigenvalue weighted by molar-refractivity contribution is 0.723. The molecule has 0 fully saturated rings. The van der Waals surface area contributed by atoms with E-state index in [4.69, 9.17) is 5.26 Å². The Morgan fingerprint density at radius 3 is 2.88 bits per heavy atom. The molecule has 0 bridgehead atoms. The van der Waals surface area contributed by atoms with Crippen LogP contribution in [0, 0.1) is 18.3 Å². The molecule has 0 saturated heterocycles. The molecular weight excluding hydrogens is 238 g/mol. The molecule has 0 aliphatic carbocycles. The molecule has 0 aliphatic rings. The number of hydrogen-bond donors (Lipinski definition) is 1. The predicted octanol–water partition coefficient (Wildman–Crippen LogP) is 0.826. The Balaban J connectivity index is 2.48. The Morgan fingerprint density at radius 2 is 2.29 bits per heavy atom. The molecule has 1 N–H and O–H groups in total. The van der Waals surface area contributed by atoms with E-state index in [2.05, 4.69) is 4.98 Å². The summed E-state index contributed by atoms with van der Waals surface area (Å²) in [5.74, 6) is 0. The molecule has 0 aromatic carbocycles. The van der Waals surface area contributed by atoms with Crippen molar-refractivity contribution in [3.05, 3.63) is 54.5 Å². The van der Waals surface area contributed by atoms with Gasteiger partial charge in [0, 0.05) is 11.1 Å². The van der Waals surface area contributed by atoms with Gasteiger partial charge in [-0.3, -0.25) is 14.3 Å². The first-order valence-corrected chi connectivity index (χ1v) is 5.76. The van der Waals surface area contributed by atoms with Crippen molar-refractivity contribution in [3.8, 4) is 6.07 Å². The van der Waals surface area contributed by atoms with Crippen LogP contribution in [-0.2, 0) is 6.54 Å². The normalized spacial score (nSPS) is 10.1. The second-order valence-electron chi connectivity index (χ2n) is 3.57. The molecule has 86 valence electrons. The van der Waals surface area contributed by atoms with Crippen molar-refractivity contribution in [2.45, 2.75) is 13.5 Å². The molecule has 2 aromatic rings. The summed E-state index contributed by atoms with van der Waals surface area (Å²) in [6.45, 7) is 2.32. The zero-order valence-electron chi connectivity index (χ0n) is 9.06. The first-order chi connectivity index (χ1) is 8.11. The molecule has 0 spiro atoms. The van der Waals surface area contributed by atoms with Gasteiger partial charge in [0.25, 0.3) is 5.56 Å². The van der Waals surface area contributed by atoms with Gasteiger partial charge in [0.2, 0.25) is 0 Å². The van der Waals surface area contributed by atoms with Gasteiger partial charge >= 0.3 is 5.69 Å².